The zero-order valence-electron chi connectivity index (χ0n) is 7.84. The van der Waals surface area contributed by atoms with Gasteiger partial charge in [0.25, 0.3) is 0 Å². The van der Waals surface area contributed by atoms with E-state index >= 15 is 0 Å². The molecule has 1 N–H and O–H groups in total. The topological polar surface area (TPSA) is 12.0 Å². The lowest BCUT2D eigenvalue weighted by atomic mass is 10.2. The number of nitrogens with one attached hydrogen (secondary N) is 1. The molecule has 0 amide bonds. The van der Waals surface area contributed by atoms with E-state index in [4.69, 9.17) is 0 Å². The van der Waals surface area contributed by atoms with E-state index in [0.717, 1.165) is 6.54 Å². The maximum Gasteiger partial charge on any atom is 0.00578 e. The second-order valence-electron chi connectivity index (χ2n) is 3.09. The summed E-state index contributed by atoms with van der Waals surface area (Å²) in [6, 6.07) is 4.97. The summed E-state index contributed by atoms with van der Waals surface area (Å²) in [7, 11) is 0. The minimum atomic E-state index is 0.657. The Kier molecular flexibility index (Phi) is 4.33. The van der Waals surface area contributed by atoms with Crippen LogP contribution in [0.3, 0.4) is 0 Å². The molecule has 0 unspecified atom stereocenters. The van der Waals surface area contributed by atoms with E-state index < -0.39 is 0 Å². The van der Waals surface area contributed by atoms with E-state index in [1.165, 1.54) is 17.7 Å². The first-order valence-electron chi connectivity index (χ1n) is 4.58. The van der Waals surface area contributed by atoms with E-state index in [9.17, 15) is 0 Å². The SMILES string of the molecule is CC[C@H](C)NCCc1cccs1. The van der Waals surface area contributed by atoms with Gasteiger partial charge in [-0.25, -0.2) is 0 Å². The van der Waals surface area contributed by atoms with Gasteiger partial charge in [-0.1, -0.05) is 13.0 Å². The Balaban J connectivity index is 2.11. The third-order valence-electron chi connectivity index (χ3n) is 2.06. The van der Waals surface area contributed by atoms with Crippen LogP contribution in [0, 0.1) is 0 Å². The molecule has 0 aliphatic rings. The van der Waals surface area contributed by atoms with E-state index in [2.05, 4.69) is 36.7 Å². The Morgan fingerprint density at radius 2 is 2.42 bits per heavy atom. The predicted molar refractivity (Wildman–Crippen MR) is 55.8 cm³/mol. The van der Waals surface area contributed by atoms with Crippen molar-refractivity contribution in [3.63, 3.8) is 0 Å². The molecule has 0 aliphatic carbocycles. The van der Waals surface area contributed by atoms with Crippen molar-refractivity contribution in [1.82, 2.24) is 5.32 Å². The Morgan fingerprint density at radius 3 is 3.00 bits per heavy atom. The van der Waals surface area contributed by atoms with Crippen molar-refractivity contribution in [3.8, 4) is 0 Å². The van der Waals surface area contributed by atoms with Gasteiger partial charge in [-0.05, 0) is 31.2 Å². The van der Waals surface area contributed by atoms with Crippen molar-refractivity contribution in [3.05, 3.63) is 22.4 Å². The largest absolute Gasteiger partial charge is 0.314 e. The second kappa shape index (κ2) is 5.33. The zero-order chi connectivity index (χ0) is 8.81. The highest BCUT2D eigenvalue weighted by molar-refractivity contribution is 7.09. The summed E-state index contributed by atoms with van der Waals surface area (Å²) in [4.78, 5) is 1.48. The summed E-state index contributed by atoms with van der Waals surface area (Å²) in [5.74, 6) is 0. The van der Waals surface area contributed by atoms with E-state index in [1.54, 1.807) is 0 Å². The molecule has 0 aliphatic heterocycles. The normalized spacial score (nSPS) is 13.2. The summed E-state index contributed by atoms with van der Waals surface area (Å²) in [6.07, 6.45) is 2.38. The van der Waals surface area contributed by atoms with Crippen LogP contribution in [0.2, 0.25) is 0 Å². The minimum absolute atomic E-state index is 0.657. The fourth-order valence-electron chi connectivity index (χ4n) is 1.04. The van der Waals surface area contributed by atoms with Gasteiger partial charge in [0.05, 0.1) is 0 Å². The summed E-state index contributed by atoms with van der Waals surface area (Å²) in [5.41, 5.74) is 0. The molecule has 1 nitrogen and oxygen atoms in total. The van der Waals surface area contributed by atoms with Crippen LogP contribution in [0.15, 0.2) is 17.5 Å². The number of hydrogen-bond donors (Lipinski definition) is 1. The van der Waals surface area contributed by atoms with Crippen molar-refractivity contribution in [1.29, 1.82) is 0 Å². The Bertz CT molecular complexity index is 194. The molecule has 0 spiro atoms. The zero-order valence-corrected chi connectivity index (χ0v) is 8.66. The van der Waals surface area contributed by atoms with Crippen molar-refractivity contribution < 1.29 is 0 Å². The van der Waals surface area contributed by atoms with Gasteiger partial charge in [0, 0.05) is 17.5 Å². The number of rotatable bonds is 5. The molecule has 1 rings (SSSR count). The van der Waals surface area contributed by atoms with Crippen LogP contribution in [0.4, 0.5) is 0 Å². The highest BCUT2D eigenvalue weighted by Crippen LogP contribution is 2.08. The molecule has 0 saturated carbocycles. The molecule has 12 heavy (non-hydrogen) atoms. The molecule has 1 aromatic heterocycles. The van der Waals surface area contributed by atoms with Gasteiger partial charge in [0.2, 0.25) is 0 Å². The maximum atomic E-state index is 3.48. The Labute approximate surface area is 78.8 Å². The van der Waals surface area contributed by atoms with Crippen LogP contribution in [-0.2, 0) is 6.42 Å². The third kappa shape index (κ3) is 3.37. The average Bonchev–Trinajstić information content (AvgIpc) is 2.57. The first-order valence-corrected chi connectivity index (χ1v) is 5.46. The lowest BCUT2D eigenvalue weighted by Gasteiger charge is -2.09. The first kappa shape index (κ1) is 9.75. The summed E-state index contributed by atoms with van der Waals surface area (Å²) < 4.78 is 0. The third-order valence-corrected chi connectivity index (χ3v) is 2.99. The van der Waals surface area contributed by atoms with Crippen LogP contribution < -0.4 is 5.32 Å². The van der Waals surface area contributed by atoms with E-state index in [1.807, 2.05) is 11.3 Å². The van der Waals surface area contributed by atoms with Crippen molar-refractivity contribution in [2.45, 2.75) is 32.7 Å². The lowest BCUT2D eigenvalue weighted by molar-refractivity contribution is 0.538. The van der Waals surface area contributed by atoms with E-state index in [-0.39, 0.29) is 0 Å². The highest BCUT2D eigenvalue weighted by Gasteiger charge is 1.97. The number of thiophene rings is 1. The summed E-state index contributed by atoms with van der Waals surface area (Å²) in [6.45, 7) is 5.55. The molecule has 1 heterocycles. The molecule has 68 valence electrons. The average molecular weight is 183 g/mol. The molecule has 1 aromatic rings. The van der Waals surface area contributed by atoms with Crippen molar-refractivity contribution in [2.24, 2.45) is 0 Å². The molecule has 0 bridgehead atoms. The molecule has 0 radical (unpaired) electrons. The fraction of sp³-hybridized carbons (Fsp3) is 0.600. The van der Waals surface area contributed by atoms with Crippen LogP contribution in [-0.4, -0.2) is 12.6 Å². The Morgan fingerprint density at radius 1 is 1.58 bits per heavy atom. The van der Waals surface area contributed by atoms with Gasteiger partial charge in [-0.3, -0.25) is 0 Å². The van der Waals surface area contributed by atoms with Crippen LogP contribution in [0.25, 0.3) is 0 Å². The standard InChI is InChI=1S/C10H17NS/c1-3-9(2)11-7-6-10-5-4-8-12-10/h4-5,8-9,11H,3,6-7H2,1-2H3/t9-/m0/s1. The van der Waals surface area contributed by atoms with Gasteiger partial charge in [0.15, 0.2) is 0 Å². The van der Waals surface area contributed by atoms with Gasteiger partial charge >= 0.3 is 0 Å². The second-order valence-corrected chi connectivity index (χ2v) is 4.13. The molecule has 0 aromatic carbocycles. The fourth-order valence-corrected chi connectivity index (χ4v) is 1.75. The smallest absolute Gasteiger partial charge is 0.00578 e. The Hall–Kier alpha value is -0.340. The quantitative estimate of drug-likeness (QED) is 0.740. The monoisotopic (exact) mass is 183 g/mol. The summed E-state index contributed by atoms with van der Waals surface area (Å²) in [5, 5.41) is 5.61. The van der Waals surface area contributed by atoms with Crippen LogP contribution in [0.1, 0.15) is 25.1 Å². The highest BCUT2D eigenvalue weighted by atomic mass is 32.1. The van der Waals surface area contributed by atoms with E-state index in [0.29, 0.717) is 6.04 Å². The lowest BCUT2D eigenvalue weighted by Crippen LogP contribution is -2.26. The molecule has 0 saturated heterocycles. The maximum absolute atomic E-state index is 3.48. The van der Waals surface area contributed by atoms with Crippen LogP contribution in [0.5, 0.6) is 0 Å². The molecular formula is C10H17NS. The predicted octanol–water partition coefficient (Wildman–Crippen LogP) is 2.68. The molecule has 2 heteroatoms. The van der Waals surface area contributed by atoms with Gasteiger partial charge in [-0.15, -0.1) is 11.3 Å². The number of hydrogen-bond acceptors (Lipinski definition) is 2. The first-order chi connectivity index (χ1) is 5.83. The van der Waals surface area contributed by atoms with Gasteiger partial charge in [-0.2, -0.15) is 0 Å². The van der Waals surface area contributed by atoms with Crippen LogP contribution >= 0.6 is 11.3 Å². The molecule has 1 atom stereocenters. The van der Waals surface area contributed by atoms with Crippen molar-refractivity contribution >= 4 is 11.3 Å². The summed E-state index contributed by atoms with van der Waals surface area (Å²) >= 11 is 1.84. The van der Waals surface area contributed by atoms with Gasteiger partial charge < -0.3 is 5.32 Å². The minimum Gasteiger partial charge on any atom is -0.314 e. The van der Waals surface area contributed by atoms with Gasteiger partial charge in [0.1, 0.15) is 0 Å². The molecule has 0 fully saturated rings. The van der Waals surface area contributed by atoms with Crippen molar-refractivity contribution in [2.75, 3.05) is 6.54 Å². The molecular weight excluding hydrogens is 166 g/mol.